The van der Waals surface area contributed by atoms with Gasteiger partial charge in [-0.05, 0) is 13.1 Å². The van der Waals surface area contributed by atoms with Crippen LogP contribution in [0.1, 0.15) is 0 Å². The van der Waals surface area contributed by atoms with Crippen LogP contribution in [0.3, 0.4) is 0 Å². The summed E-state index contributed by atoms with van der Waals surface area (Å²) in [4.78, 5) is 0. The lowest BCUT2D eigenvalue weighted by Gasteiger charge is -2.05. The van der Waals surface area contributed by atoms with Crippen molar-refractivity contribution in [2.24, 2.45) is 0 Å². The van der Waals surface area contributed by atoms with Gasteiger partial charge in [-0.25, -0.2) is 0 Å². The Kier molecular flexibility index (Phi) is 4.52. The fourth-order valence-corrected chi connectivity index (χ4v) is 11.3. The van der Waals surface area contributed by atoms with Crippen LogP contribution in [-0.4, -0.2) is 27.4 Å². The van der Waals surface area contributed by atoms with E-state index in [0.29, 0.717) is 0 Å². The van der Waals surface area contributed by atoms with Gasteiger partial charge in [0.05, 0.1) is 9.04 Å². The minimum Gasteiger partial charge on any atom is -0.466 e. The fourth-order valence-electron chi connectivity index (χ4n) is 1.06. The third-order valence-corrected chi connectivity index (χ3v) is 11.0. The molecule has 0 aromatic heterocycles. The molecule has 0 aliphatic carbocycles. The molecule has 0 saturated heterocycles. The number of rotatable bonds is 4. The van der Waals surface area contributed by atoms with Gasteiger partial charge in [0.25, 0.3) is 0 Å². The molecule has 66 valence electrons. The Balaban J connectivity index is 2.25. The van der Waals surface area contributed by atoms with Crippen molar-refractivity contribution in [2.75, 3.05) is 0 Å². The molecule has 12 heavy (non-hydrogen) atoms. The van der Waals surface area contributed by atoms with E-state index in [1.807, 2.05) is 0 Å². The summed E-state index contributed by atoms with van der Waals surface area (Å²) in [7, 11) is -0.852. The first-order chi connectivity index (χ1) is 5.79. The first kappa shape index (κ1) is 9.92. The normalized spacial score (nSPS) is 12.6. The van der Waals surface area contributed by atoms with Crippen LogP contribution >= 0.6 is 0 Å². The molecule has 0 radical (unpaired) electrons. The van der Waals surface area contributed by atoms with Gasteiger partial charge in [-0.3, -0.25) is 0 Å². The van der Waals surface area contributed by atoms with Crippen LogP contribution in [0.4, 0.5) is 0 Å². The van der Waals surface area contributed by atoms with Gasteiger partial charge in [0.15, 0.2) is 9.04 Å². The Bertz CT molecular complexity index is 213. The summed E-state index contributed by atoms with van der Waals surface area (Å²) in [6.45, 7) is 4.51. The zero-order valence-corrected chi connectivity index (χ0v) is 11.8. The van der Waals surface area contributed by atoms with E-state index < -0.39 is 9.04 Å². The Morgan fingerprint density at radius 2 is 1.83 bits per heavy atom. The molecule has 0 amide bonds. The van der Waals surface area contributed by atoms with E-state index in [1.54, 1.807) is 5.19 Å². The van der Waals surface area contributed by atoms with E-state index in [0.717, 1.165) is 0 Å². The van der Waals surface area contributed by atoms with Gasteiger partial charge in [0.2, 0.25) is 0 Å². The van der Waals surface area contributed by atoms with Gasteiger partial charge in [-0.1, -0.05) is 35.5 Å². The second-order valence-electron chi connectivity index (χ2n) is 3.16. The summed E-state index contributed by atoms with van der Waals surface area (Å²) in [5.41, 5.74) is 0. The van der Waals surface area contributed by atoms with Gasteiger partial charge >= 0.3 is 0 Å². The molecule has 1 rings (SSSR count). The van der Waals surface area contributed by atoms with E-state index >= 15 is 0 Å². The van der Waals surface area contributed by atoms with Crippen molar-refractivity contribution in [2.45, 2.75) is 13.1 Å². The Morgan fingerprint density at radius 1 is 1.17 bits per heavy atom. The molecule has 1 nitrogen and oxygen atoms in total. The number of hydrogen-bond donors (Lipinski definition) is 0. The molecule has 0 spiro atoms. The topological polar surface area (TPSA) is 9.23 Å². The summed E-state index contributed by atoms with van der Waals surface area (Å²) in [6, 6.07) is 10.8. The van der Waals surface area contributed by atoms with Crippen molar-refractivity contribution < 1.29 is 4.12 Å². The maximum Gasteiger partial charge on any atom is 0.156 e. The highest BCUT2D eigenvalue weighted by atomic mass is 29.2. The van der Waals surface area contributed by atoms with E-state index in [9.17, 15) is 0 Å². The van der Waals surface area contributed by atoms with E-state index in [-0.39, 0.29) is 18.3 Å². The molecule has 0 N–H and O–H groups in total. The molecular formula is C8H16OSi3. The Hall–Kier alpha value is -0.169. The van der Waals surface area contributed by atoms with E-state index in [4.69, 9.17) is 4.12 Å². The van der Waals surface area contributed by atoms with Crippen molar-refractivity contribution in [3.8, 4) is 0 Å². The van der Waals surface area contributed by atoms with E-state index in [1.165, 1.54) is 0 Å². The maximum absolute atomic E-state index is 5.79. The van der Waals surface area contributed by atoms with Crippen LogP contribution < -0.4 is 5.19 Å². The largest absolute Gasteiger partial charge is 0.466 e. The van der Waals surface area contributed by atoms with Gasteiger partial charge in [-0.15, -0.1) is 0 Å². The molecular weight excluding hydrogens is 196 g/mol. The quantitative estimate of drug-likeness (QED) is 0.611. The highest BCUT2D eigenvalue weighted by Gasteiger charge is 1.96. The predicted molar refractivity (Wildman–Crippen MR) is 63.1 cm³/mol. The summed E-state index contributed by atoms with van der Waals surface area (Å²) >= 11 is 0. The van der Waals surface area contributed by atoms with Crippen LogP contribution in [-0.2, 0) is 4.12 Å². The summed E-state index contributed by atoms with van der Waals surface area (Å²) in [6.07, 6.45) is 0. The van der Waals surface area contributed by atoms with Crippen LogP contribution in [0.25, 0.3) is 0 Å². The molecule has 0 bridgehead atoms. The summed E-state index contributed by atoms with van der Waals surface area (Å²) in [5, 5.41) is 1.57. The van der Waals surface area contributed by atoms with Crippen LogP contribution in [0.15, 0.2) is 30.3 Å². The third kappa shape index (κ3) is 4.01. The standard InChI is InChI=1S/C8H16OSi3/c1-12(2)9-11-10-8-6-4-3-5-7-8/h3-7,12H,10-11H2,1-2H3. The number of benzene rings is 1. The van der Waals surface area contributed by atoms with E-state index in [2.05, 4.69) is 43.4 Å². The molecule has 0 saturated carbocycles. The smallest absolute Gasteiger partial charge is 0.156 e. The molecule has 0 heterocycles. The summed E-state index contributed by atoms with van der Waals surface area (Å²) < 4.78 is 5.79. The minimum absolute atomic E-state index is 0.00282. The van der Waals surface area contributed by atoms with Gasteiger partial charge < -0.3 is 4.12 Å². The van der Waals surface area contributed by atoms with Gasteiger partial charge in [0.1, 0.15) is 9.28 Å². The highest BCUT2D eigenvalue weighted by Crippen LogP contribution is 1.82. The molecule has 0 aliphatic heterocycles. The lowest BCUT2D eigenvalue weighted by molar-refractivity contribution is 0.640. The molecule has 0 aliphatic rings. The monoisotopic (exact) mass is 212 g/mol. The van der Waals surface area contributed by atoms with Crippen molar-refractivity contribution in [1.82, 2.24) is 0 Å². The van der Waals surface area contributed by atoms with Gasteiger partial charge in [0, 0.05) is 0 Å². The molecule has 0 unspecified atom stereocenters. The molecule has 1 aromatic carbocycles. The van der Waals surface area contributed by atoms with Crippen molar-refractivity contribution >= 4 is 32.5 Å². The predicted octanol–water partition coefficient (Wildman–Crippen LogP) is -0.521. The van der Waals surface area contributed by atoms with Crippen LogP contribution in [0.2, 0.25) is 13.1 Å². The zero-order chi connectivity index (χ0) is 8.81. The van der Waals surface area contributed by atoms with Crippen LogP contribution in [0.5, 0.6) is 0 Å². The average Bonchev–Trinajstić information content (AvgIpc) is 2.05. The summed E-state index contributed by atoms with van der Waals surface area (Å²) in [5.74, 6) is 0. The first-order valence-corrected chi connectivity index (χ1v) is 12.5. The first-order valence-electron chi connectivity index (χ1n) is 4.44. The highest BCUT2D eigenvalue weighted by molar-refractivity contribution is 7.05. The second kappa shape index (κ2) is 5.47. The zero-order valence-electron chi connectivity index (χ0n) is 7.79. The lowest BCUT2D eigenvalue weighted by atomic mass is 10.4. The minimum atomic E-state index is -0.715. The third-order valence-electron chi connectivity index (χ3n) is 1.68. The number of hydrogen-bond acceptors (Lipinski definition) is 1. The Morgan fingerprint density at radius 3 is 2.42 bits per heavy atom. The molecule has 1 aromatic rings. The molecule has 0 fully saturated rings. The average molecular weight is 212 g/mol. The Labute approximate surface area is 80.4 Å². The molecule has 0 atom stereocenters. The fraction of sp³-hybridized carbons (Fsp3) is 0.250. The van der Waals surface area contributed by atoms with Crippen molar-refractivity contribution in [3.05, 3.63) is 30.3 Å². The van der Waals surface area contributed by atoms with Crippen LogP contribution in [0, 0.1) is 0 Å². The van der Waals surface area contributed by atoms with Crippen molar-refractivity contribution in [1.29, 1.82) is 0 Å². The van der Waals surface area contributed by atoms with Gasteiger partial charge in [-0.2, -0.15) is 0 Å². The molecule has 4 heteroatoms. The maximum atomic E-state index is 5.79. The van der Waals surface area contributed by atoms with Crippen molar-refractivity contribution in [3.63, 3.8) is 0 Å². The second-order valence-corrected chi connectivity index (χ2v) is 11.0. The SMILES string of the molecule is C[SiH](C)O[SiH2][SiH2]c1ccccc1. The lowest BCUT2D eigenvalue weighted by Crippen LogP contribution is -2.25.